The number of amides is 1. The van der Waals surface area contributed by atoms with Crippen LogP contribution in [0.1, 0.15) is 23.0 Å². The van der Waals surface area contributed by atoms with E-state index in [9.17, 15) is 4.79 Å². The third-order valence-electron chi connectivity index (χ3n) is 3.14. The molecule has 1 aromatic heterocycles. The van der Waals surface area contributed by atoms with E-state index in [2.05, 4.69) is 18.5 Å². The molecule has 2 aromatic rings. The molecule has 0 radical (unpaired) electrons. The second-order valence-electron chi connectivity index (χ2n) is 4.58. The molecule has 2 rings (SSSR count). The highest BCUT2D eigenvalue weighted by Gasteiger charge is 2.16. The van der Waals surface area contributed by atoms with Gasteiger partial charge in [0.2, 0.25) is 0 Å². The fourth-order valence-electron chi connectivity index (χ4n) is 1.85. The summed E-state index contributed by atoms with van der Waals surface area (Å²) < 4.78 is 0.942. The summed E-state index contributed by atoms with van der Waals surface area (Å²) in [6, 6.07) is 5.48. The highest BCUT2D eigenvalue weighted by molar-refractivity contribution is 7.99. The molecule has 0 aliphatic rings. The van der Waals surface area contributed by atoms with Gasteiger partial charge in [0, 0.05) is 26.9 Å². The lowest BCUT2D eigenvalue weighted by molar-refractivity contribution is 0.0958. The number of hydrogen-bond donors (Lipinski definition) is 2. The van der Waals surface area contributed by atoms with Crippen molar-refractivity contribution in [3.8, 4) is 0 Å². The van der Waals surface area contributed by atoms with E-state index < -0.39 is 0 Å². The van der Waals surface area contributed by atoms with Crippen molar-refractivity contribution >= 4 is 56.4 Å². The Kier molecular flexibility index (Phi) is 5.18. The first kappa shape index (κ1) is 15.5. The number of benzene rings is 1. The molecule has 1 unspecified atom stereocenters. The number of nitrogen functional groups attached to an aromatic ring is 1. The number of carbonyl (C=O) groups excluding carboxylic acids is 1. The molecule has 1 aromatic carbocycles. The normalized spacial score (nSPS) is 12.6. The Morgan fingerprint density at radius 1 is 1.55 bits per heavy atom. The van der Waals surface area contributed by atoms with Crippen molar-refractivity contribution in [3.63, 3.8) is 0 Å². The fraction of sp³-hybridized carbons (Fsp3) is 0.357. The Hall–Kier alpha value is -0.910. The number of rotatable bonds is 5. The van der Waals surface area contributed by atoms with E-state index in [1.54, 1.807) is 17.8 Å². The zero-order valence-electron chi connectivity index (χ0n) is 11.4. The molecule has 108 valence electrons. The Morgan fingerprint density at radius 2 is 2.30 bits per heavy atom. The molecular formula is C14H17ClN2OS2. The highest BCUT2D eigenvalue weighted by Crippen LogP contribution is 2.35. The largest absolute Gasteiger partial charge is 0.397 e. The molecule has 1 amide bonds. The minimum absolute atomic E-state index is 0.104. The van der Waals surface area contributed by atoms with Gasteiger partial charge in [-0.1, -0.05) is 18.5 Å². The third kappa shape index (κ3) is 3.40. The molecular weight excluding hydrogens is 312 g/mol. The molecule has 20 heavy (non-hydrogen) atoms. The summed E-state index contributed by atoms with van der Waals surface area (Å²) in [5.74, 6) is -0.104. The standard InChI is InChI=1S/C14H17ClN2OS2/c1-8(19-2)5-6-17-14(18)13-12(16)10-4-3-9(15)7-11(10)20-13/h3-4,7-8H,5-6,16H2,1-2H3,(H,17,18). The van der Waals surface area contributed by atoms with E-state index in [1.807, 2.05) is 12.1 Å². The van der Waals surface area contributed by atoms with E-state index in [4.69, 9.17) is 17.3 Å². The van der Waals surface area contributed by atoms with Crippen LogP contribution >= 0.6 is 34.7 Å². The summed E-state index contributed by atoms with van der Waals surface area (Å²) in [5, 5.41) is 5.00. The first-order valence-electron chi connectivity index (χ1n) is 6.31. The van der Waals surface area contributed by atoms with Gasteiger partial charge in [0.05, 0.1) is 5.69 Å². The van der Waals surface area contributed by atoms with Gasteiger partial charge in [0.15, 0.2) is 0 Å². The number of hydrogen-bond acceptors (Lipinski definition) is 4. The van der Waals surface area contributed by atoms with Crippen LogP contribution in [0.3, 0.4) is 0 Å². The molecule has 0 fully saturated rings. The lowest BCUT2D eigenvalue weighted by Gasteiger charge is -2.08. The van der Waals surface area contributed by atoms with Gasteiger partial charge >= 0.3 is 0 Å². The number of halogens is 1. The number of thioether (sulfide) groups is 1. The number of nitrogens with two attached hydrogens (primary N) is 1. The fourth-order valence-corrected chi connectivity index (χ4v) is 3.52. The Morgan fingerprint density at radius 3 is 3.00 bits per heavy atom. The van der Waals surface area contributed by atoms with Crippen molar-refractivity contribution in [2.24, 2.45) is 0 Å². The van der Waals surface area contributed by atoms with Gasteiger partial charge in [-0.2, -0.15) is 11.8 Å². The van der Waals surface area contributed by atoms with Gasteiger partial charge in [-0.25, -0.2) is 0 Å². The molecule has 3 nitrogen and oxygen atoms in total. The lowest BCUT2D eigenvalue weighted by Crippen LogP contribution is -2.25. The van der Waals surface area contributed by atoms with E-state index in [0.29, 0.717) is 27.4 Å². The van der Waals surface area contributed by atoms with Crippen molar-refractivity contribution in [1.82, 2.24) is 5.32 Å². The zero-order valence-corrected chi connectivity index (χ0v) is 13.8. The Balaban J connectivity index is 2.12. The predicted octanol–water partition coefficient (Wildman–Crippen LogP) is 4.01. The number of carbonyl (C=O) groups is 1. The van der Waals surface area contributed by atoms with Crippen molar-refractivity contribution in [1.29, 1.82) is 0 Å². The van der Waals surface area contributed by atoms with Crippen LogP contribution in [0.15, 0.2) is 18.2 Å². The van der Waals surface area contributed by atoms with E-state index >= 15 is 0 Å². The summed E-state index contributed by atoms with van der Waals surface area (Å²) >= 11 is 9.13. The monoisotopic (exact) mass is 328 g/mol. The van der Waals surface area contributed by atoms with Crippen LogP contribution in [0.25, 0.3) is 10.1 Å². The molecule has 3 N–H and O–H groups in total. The van der Waals surface area contributed by atoms with Crippen LogP contribution in [-0.4, -0.2) is 24.0 Å². The second-order valence-corrected chi connectivity index (χ2v) is 7.34. The van der Waals surface area contributed by atoms with Gasteiger partial charge in [-0.05, 0) is 30.9 Å². The van der Waals surface area contributed by atoms with Crippen molar-refractivity contribution in [2.45, 2.75) is 18.6 Å². The summed E-state index contributed by atoms with van der Waals surface area (Å²) in [6.45, 7) is 2.81. The van der Waals surface area contributed by atoms with E-state index in [-0.39, 0.29) is 5.91 Å². The summed E-state index contributed by atoms with van der Waals surface area (Å²) in [7, 11) is 0. The molecule has 0 saturated carbocycles. The maximum absolute atomic E-state index is 12.2. The number of nitrogens with one attached hydrogen (secondary N) is 1. The van der Waals surface area contributed by atoms with Gasteiger partial charge in [0.25, 0.3) is 5.91 Å². The zero-order chi connectivity index (χ0) is 14.7. The van der Waals surface area contributed by atoms with Crippen LogP contribution in [-0.2, 0) is 0 Å². The van der Waals surface area contributed by atoms with E-state index in [0.717, 1.165) is 16.5 Å². The first-order valence-corrected chi connectivity index (χ1v) is 8.79. The molecule has 1 atom stereocenters. The average molecular weight is 329 g/mol. The van der Waals surface area contributed by atoms with Crippen LogP contribution in [0, 0.1) is 0 Å². The quantitative estimate of drug-likeness (QED) is 0.872. The number of thiophene rings is 1. The van der Waals surface area contributed by atoms with Crippen LogP contribution in [0.5, 0.6) is 0 Å². The Labute approximate surface area is 131 Å². The molecule has 6 heteroatoms. The van der Waals surface area contributed by atoms with Crippen molar-refractivity contribution in [2.75, 3.05) is 18.5 Å². The maximum atomic E-state index is 12.2. The van der Waals surface area contributed by atoms with E-state index in [1.165, 1.54) is 11.3 Å². The van der Waals surface area contributed by atoms with Gasteiger partial charge in [-0.3, -0.25) is 4.79 Å². The first-order chi connectivity index (χ1) is 9.52. The summed E-state index contributed by atoms with van der Waals surface area (Å²) in [5.41, 5.74) is 6.59. The number of fused-ring (bicyclic) bond motifs is 1. The third-order valence-corrected chi connectivity index (χ3v) is 5.58. The minimum Gasteiger partial charge on any atom is -0.397 e. The molecule has 1 heterocycles. The molecule has 0 aliphatic heterocycles. The van der Waals surface area contributed by atoms with Gasteiger partial charge < -0.3 is 11.1 Å². The number of anilines is 1. The van der Waals surface area contributed by atoms with Gasteiger partial charge in [0.1, 0.15) is 4.88 Å². The summed E-state index contributed by atoms with van der Waals surface area (Å²) in [6.07, 6.45) is 3.02. The van der Waals surface area contributed by atoms with Crippen molar-refractivity contribution < 1.29 is 4.79 Å². The van der Waals surface area contributed by atoms with Crippen LogP contribution in [0.2, 0.25) is 5.02 Å². The SMILES string of the molecule is CSC(C)CCNC(=O)c1sc2cc(Cl)ccc2c1N. The Bertz CT molecular complexity index is 627. The van der Waals surface area contributed by atoms with Crippen LogP contribution in [0.4, 0.5) is 5.69 Å². The predicted molar refractivity (Wildman–Crippen MR) is 91.2 cm³/mol. The molecule has 0 spiro atoms. The molecule has 0 bridgehead atoms. The smallest absolute Gasteiger partial charge is 0.263 e. The average Bonchev–Trinajstić information content (AvgIpc) is 2.75. The second kappa shape index (κ2) is 6.70. The molecule has 0 aliphatic carbocycles. The van der Waals surface area contributed by atoms with Gasteiger partial charge in [-0.15, -0.1) is 11.3 Å². The highest BCUT2D eigenvalue weighted by atomic mass is 35.5. The topological polar surface area (TPSA) is 55.1 Å². The van der Waals surface area contributed by atoms with Crippen molar-refractivity contribution in [3.05, 3.63) is 28.1 Å². The maximum Gasteiger partial charge on any atom is 0.263 e. The minimum atomic E-state index is -0.104. The molecule has 0 saturated heterocycles. The summed E-state index contributed by atoms with van der Waals surface area (Å²) in [4.78, 5) is 12.7. The van der Waals surface area contributed by atoms with Crippen LogP contribution < -0.4 is 11.1 Å². The lowest BCUT2D eigenvalue weighted by atomic mass is 10.2.